The number of ether oxygens (including phenoxy) is 2. The van der Waals surface area contributed by atoms with Gasteiger partial charge in [0.2, 0.25) is 0 Å². The molecule has 1 saturated heterocycles. The second-order valence-corrected chi connectivity index (χ2v) is 14.3. The number of anilines is 1. The van der Waals surface area contributed by atoms with Crippen LogP contribution in [0, 0.1) is 28.6 Å². The first-order chi connectivity index (χ1) is 21.5. The van der Waals surface area contributed by atoms with Crippen molar-refractivity contribution in [2.75, 3.05) is 18.6 Å². The monoisotopic (exact) mass is 613 g/mol. The standard InChI is InChI=1S/C37H43NO7/c1-35-15-14-27(41)16-25(35)10-13-28-29-17-32-37(31(43)21-40,36(29,2)18-30(42)33(28)35)45-34(44-32)24-8-4-22(5-9-24)19-38(3)26-11-6-23(20-39)7-12-26/h4-9,11-12,14-16,28-30,32-34,39-40,42H,10,13,17-21H2,1-3H3/t28-,29-,30-,32+,33+,34+,35-,36-,37+/m0/s1. The third kappa shape index (κ3) is 4.52. The van der Waals surface area contributed by atoms with Crippen molar-refractivity contribution in [3.05, 3.63) is 89.0 Å². The van der Waals surface area contributed by atoms with Gasteiger partial charge in [-0.25, -0.2) is 0 Å². The topological polar surface area (TPSA) is 117 Å². The van der Waals surface area contributed by atoms with E-state index in [2.05, 4.69) is 18.7 Å². The number of rotatable bonds is 7. The molecule has 0 aromatic heterocycles. The first-order valence-corrected chi connectivity index (χ1v) is 16.1. The molecule has 238 valence electrons. The average molecular weight is 614 g/mol. The Kier molecular flexibility index (Phi) is 7.45. The van der Waals surface area contributed by atoms with Crippen molar-refractivity contribution in [3.63, 3.8) is 0 Å². The molecule has 0 bridgehead atoms. The number of allylic oxidation sites excluding steroid dienone is 4. The Morgan fingerprint density at radius 1 is 1.04 bits per heavy atom. The number of aliphatic hydroxyl groups is 3. The number of hydrogen-bond donors (Lipinski definition) is 3. The zero-order valence-corrected chi connectivity index (χ0v) is 26.2. The Morgan fingerprint density at radius 3 is 2.44 bits per heavy atom. The van der Waals surface area contributed by atoms with Crippen LogP contribution in [0.4, 0.5) is 5.69 Å². The average Bonchev–Trinajstić information content (AvgIpc) is 3.54. The Morgan fingerprint density at radius 2 is 1.76 bits per heavy atom. The van der Waals surface area contributed by atoms with E-state index in [0.717, 1.165) is 40.8 Å². The normalized spacial score (nSPS) is 38.2. The summed E-state index contributed by atoms with van der Waals surface area (Å²) in [6, 6.07) is 15.8. The van der Waals surface area contributed by atoms with Crippen LogP contribution in [-0.4, -0.2) is 58.3 Å². The largest absolute Gasteiger partial charge is 0.393 e. The highest BCUT2D eigenvalue weighted by Gasteiger charge is 2.75. The number of aliphatic hydroxyl groups excluding tert-OH is 3. The first-order valence-electron chi connectivity index (χ1n) is 16.1. The summed E-state index contributed by atoms with van der Waals surface area (Å²) in [4.78, 5) is 28.1. The highest BCUT2D eigenvalue weighted by atomic mass is 16.7. The van der Waals surface area contributed by atoms with Gasteiger partial charge in [-0.2, -0.15) is 0 Å². The summed E-state index contributed by atoms with van der Waals surface area (Å²) in [7, 11) is 2.02. The number of hydrogen-bond acceptors (Lipinski definition) is 8. The highest BCUT2D eigenvalue weighted by Crippen LogP contribution is 2.70. The van der Waals surface area contributed by atoms with Crippen molar-refractivity contribution in [2.24, 2.45) is 28.6 Å². The predicted octanol–water partition coefficient (Wildman–Crippen LogP) is 4.42. The van der Waals surface area contributed by atoms with Crippen molar-refractivity contribution in [1.82, 2.24) is 0 Å². The minimum atomic E-state index is -1.36. The van der Waals surface area contributed by atoms with Crippen molar-refractivity contribution < 1.29 is 34.4 Å². The molecule has 9 atom stereocenters. The first kappa shape index (κ1) is 30.5. The van der Waals surface area contributed by atoms with Gasteiger partial charge >= 0.3 is 0 Å². The van der Waals surface area contributed by atoms with Gasteiger partial charge in [0.05, 0.1) is 18.8 Å². The molecule has 4 fully saturated rings. The van der Waals surface area contributed by atoms with Gasteiger partial charge in [-0.15, -0.1) is 0 Å². The molecule has 8 nitrogen and oxygen atoms in total. The molecule has 3 N–H and O–H groups in total. The Labute approximate surface area is 264 Å². The predicted molar refractivity (Wildman–Crippen MR) is 168 cm³/mol. The molecule has 8 heteroatoms. The summed E-state index contributed by atoms with van der Waals surface area (Å²) in [6.07, 6.45) is 5.91. The van der Waals surface area contributed by atoms with Gasteiger partial charge in [-0.3, -0.25) is 9.59 Å². The van der Waals surface area contributed by atoms with Gasteiger partial charge in [0.25, 0.3) is 0 Å². The SMILES string of the molecule is CN(Cc1ccc([C@@H]2O[C@@H]3C[C@H]4[C@@H]5CCC6=CC(=O)C=C[C@]6(C)[C@H]5[C@@H](O)C[C@]4(C)[C@]3(C(=O)CO)O2)cc1)c1ccc(CO)cc1. The van der Waals surface area contributed by atoms with Gasteiger partial charge in [-0.1, -0.05) is 61.9 Å². The van der Waals surface area contributed by atoms with Crippen LogP contribution in [0.25, 0.3) is 0 Å². The Bertz CT molecular complexity index is 1550. The number of Topliss-reactive ketones (excluding diaryl/α,β-unsaturated/α-hetero) is 1. The van der Waals surface area contributed by atoms with E-state index in [0.29, 0.717) is 19.4 Å². The molecule has 45 heavy (non-hydrogen) atoms. The van der Waals surface area contributed by atoms with Gasteiger partial charge < -0.3 is 29.7 Å². The minimum Gasteiger partial charge on any atom is -0.393 e. The van der Waals surface area contributed by atoms with Crippen molar-refractivity contribution in [1.29, 1.82) is 0 Å². The molecule has 2 aromatic rings. The quantitative estimate of drug-likeness (QED) is 0.421. The van der Waals surface area contributed by atoms with E-state index in [1.54, 1.807) is 12.2 Å². The van der Waals surface area contributed by atoms with Gasteiger partial charge in [0, 0.05) is 41.6 Å². The van der Waals surface area contributed by atoms with E-state index < -0.39 is 41.5 Å². The summed E-state index contributed by atoms with van der Waals surface area (Å²) in [5, 5.41) is 31.4. The van der Waals surface area contributed by atoms with Crippen LogP contribution in [0.5, 0.6) is 0 Å². The van der Waals surface area contributed by atoms with Gasteiger partial charge in [-0.05, 0) is 72.9 Å². The van der Waals surface area contributed by atoms with Gasteiger partial charge in [0.15, 0.2) is 23.5 Å². The molecule has 2 aromatic carbocycles. The van der Waals surface area contributed by atoms with E-state index in [-0.39, 0.29) is 35.9 Å². The molecular weight excluding hydrogens is 570 g/mol. The fraction of sp³-hybridized carbons (Fsp3) is 0.514. The van der Waals surface area contributed by atoms with Crippen LogP contribution in [0.3, 0.4) is 0 Å². The lowest BCUT2D eigenvalue weighted by Gasteiger charge is -2.59. The maximum atomic E-state index is 13.8. The van der Waals surface area contributed by atoms with E-state index in [9.17, 15) is 24.9 Å². The van der Waals surface area contributed by atoms with Crippen LogP contribution < -0.4 is 4.90 Å². The number of carbonyl (C=O) groups is 2. The Balaban J connectivity index is 1.13. The molecule has 1 heterocycles. The van der Waals surface area contributed by atoms with E-state index in [4.69, 9.17) is 9.47 Å². The lowest BCUT2D eigenvalue weighted by atomic mass is 9.46. The van der Waals surface area contributed by atoms with Crippen LogP contribution in [-0.2, 0) is 32.2 Å². The van der Waals surface area contributed by atoms with Crippen molar-refractivity contribution in [2.45, 2.75) is 76.8 Å². The third-order valence-electron chi connectivity index (χ3n) is 12.0. The number of fused-ring (bicyclic) bond motifs is 7. The minimum absolute atomic E-state index is 0.000358. The number of carbonyl (C=O) groups excluding carboxylic acids is 2. The zero-order valence-electron chi connectivity index (χ0n) is 26.2. The number of ketones is 2. The van der Waals surface area contributed by atoms with Crippen molar-refractivity contribution >= 4 is 17.3 Å². The fourth-order valence-electron chi connectivity index (χ4n) is 9.84. The molecule has 0 spiro atoms. The van der Waals surface area contributed by atoms with Crippen molar-refractivity contribution in [3.8, 4) is 0 Å². The van der Waals surface area contributed by atoms with E-state index in [1.807, 2.05) is 61.7 Å². The van der Waals surface area contributed by atoms with Gasteiger partial charge in [0.1, 0.15) is 6.61 Å². The van der Waals surface area contributed by atoms with Crippen LogP contribution in [0.15, 0.2) is 72.3 Å². The molecule has 0 radical (unpaired) electrons. The number of benzene rings is 2. The molecule has 5 aliphatic rings. The maximum absolute atomic E-state index is 13.8. The molecular formula is C37H43NO7. The smallest absolute Gasteiger partial charge is 0.193 e. The molecule has 7 rings (SSSR count). The van der Waals surface area contributed by atoms with E-state index >= 15 is 0 Å². The lowest BCUT2D eigenvalue weighted by molar-refractivity contribution is -0.201. The maximum Gasteiger partial charge on any atom is 0.193 e. The third-order valence-corrected chi connectivity index (χ3v) is 12.0. The van der Waals surface area contributed by atoms with E-state index in [1.165, 1.54) is 0 Å². The number of nitrogens with zero attached hydrogens (tertiary/aromatic N) is 1. The summed E-state index contributed by atoms with van der Waals surface area (Å²) < 4.78 is 13.3. The molecule has 3 saturated carbocycles. The molecule has 0 amide bonds. The van der Waals surface area contributed by atoms with Crippen LogP contribution in [0.2, 0.25) is 0 Å². The fourth-order valence-corrected chi connectivity index (χ4v) is 9.84. The zero-order chi connectivity index (χ0) is 31.7. The van der Waals surface area contributed by atoms with Crippen LogP contribution >= 0.6 is 0 Å². The molecule has 0 unspecified atom stereocenters. The summed E-state index contributed by atoms with van der Waals surface area (Å²) in [5.41, 5.74) is 2.40. The van der Waals surface area contributed by atoms with Crippen LogP contribution in [0.1, 0.15) is 62.5 Å². The lowest BCUT2D eigenvalue weighted by Crippen LogP contribution is -2.63. The highest BCUT2D eigenvalue weighted by molar-refractivity contribution is 6.01. The Hall–Kier alpha value is -3.14. The summed E-state index contributed by atoms with van der Waals surface area (Å²) >= 11 is 0. The molecule has 4 aliphatic carbocycles. The second-order valence-electron chi connectivity index (χ2n) is 14.3. The molecule has 1 aliphatic heterocycles. The summed E-state index contributed by atoms with van der Waals surface area (Å²) in [5.74, 6) is -0.285. The second kappa shape index (κ2) is 11.0. The summed E-state index contributed by atoms with van der Waals surface area (Å²) in [6.45, 7) is 4.23.